The van der Waals surface area contributed by atoms with E-state index in [1.807, 2.05) is 31.1 Å². The van der Waals surface area contributed by atoms with E-state index in [1.54, 1.807) is 48.5 Å². The molecule has 1 heterocycles. The van der Waals surface area contributed by atoms with E-state index in [0.717, 1.165) is 5.56 Å². The number of aromatic amines is 1. The van der Waals surface area contributed by atoms with Gasteiger partial charge in [-0.3, -0.25) is 4.72 Å². The number of fused-ring (bicyclic) bond motifs is 1. The smallest absolute Gasteiger partial charge is 0.393 e. The molecule has 0 saturated heterocycles. The van der Waals surface area contributed by atoms with Crippen molar-refractivity contribution in [3.05, 3.63) is 76.3 Å². The van der Waals surface area contributed by atoms with E-state index in [-0.39, 0.29) is 16.2 Å². The van der Waals surface area contributed by atoms with Gasteiger partial charge >= 0.3 is 6.09 Å². The molecule has 0 aliphatic rings. The van der Waals surface area contributed by atoms with E-state index in [1.165, 1.54) is 0 Å². The van der Waals surface area contributed by atoms with Gasteiger partial charge in [-0.25, -0.2) is 13.2 Å². The molecule has 3 aromatic carbocycles. The van der Waals surface area contributed by atoms with Gasteiger partial charge < -0.3 is 19.9 Å². The molecule has 0 aliphatic heterocycles. The number of ether oxygens (including phenoxy) is 1. The number of aromatic nitrogens is 1. The van der Waals surface area contributed by atoms with Crippen LogP contribution in [0.15, 0.2) is 65.6 Å². The molecular weight excluding hydrogens is 571 g/mol. The molecule has 4 aromatic rings. The molecule has 4 rings (SSSR count). The summed E-state index contributed by atoms with van der Waals surface area (Å²) in [7, 11) is -0.0663. The van der Waals surface area contributed by atoms with E-state index in [9.17, 15) is 13.2 Å². The van der Waals surface area contributed by atoms with Crippen molar-refractivity contribution in [1.82, 2.24) is 15.2 Å². The SMILES string of the molecule is CN(C)CCNC(=O)Oc1[nH]c2ccc(NS(=O)(=O)c3ccc(C(C)(C)C)cc3)cc2c1-c1ccc(Cl)cc1Cl. The Bertz CT molecular complexity index is 1640. The maximum Gasteiger partial charge on any atom is 0.413 e. The second-order valence-corrected chi connectivity index (χ2v) is 13.2. The van der Waals surface area contributed by atoms with Gasteiger partial charge in [0, 0.05) is 40.3 Å². The van der Waals surface area contributed by atoms with Gasteiger partial charge in [-0.1, -0.05) is 62.2 Å². The van der Waals surface area contributed by atoms with Crippen LogP contribution in [0.3, 0.4) is 0 Å². The van der Waals surface area contributed by atoms with Crippen LogP contribution >= 0.6 is 23.2 Å². The van der Waals surface area contributed by atoms with Gasteiger partial charge in [-0.2, -0.15) is 0 Å². The van der Waals surface area contributed by atoms with Crippen molar-refractivity contribution in [3.8, 4) is 17.0 Å². The monoisotopic (exact) mass is 602 g/mol. The molecule has 0 aliphatic carbocycles. The van der Waals surface area contributed by atoms with Gasteiger partial charge in [0.2, 0.25) is 5.88 Å². The lowest BCUT2D eigenvalue weighted by molar-refractivity contribution is 0.198. The Morgan fingerprint density at radius 2 is 1.70 bits per heavy atom. The number of sulfonamides is 1. The van der Waals surface area contributed by atoms with E-state index < -0.39 is 16.1 Å². The largest absolute Gasteiger partial charge is 0.413 e. The number of likely N-dealkylation sites (N-methyl/N-ethyl adjacent to an activating group) is 1. The fourth-order valence-electron chi connectivity index (χ4n) is 4.13. The summed E-state index contributed by atoms with van der Waals surface area (Å²) >= 11 is 12.7. The molecule has 0 radical (unpaired) electrons. The molecule has 1 aromatic heterocycles. The Balaban J connectivity index is 1.71. The third-order valence-corrected chi connectivity index (χ3v) is 8.22. The van der Waals surface area contributed by atoms with Crippen LogP contribution in [0, 0.1) is 0 Å². The highest BCUT2D eigenvalue weighted by Gasteiger charge is 2.22. The summed E-state index contributed by atoms with van der Waals surface area (Å²) in [6.07, 6.45) is -0.639. The zero-order chi connectivity index (χ0) is 29.2. The second-order valence-electron chi connectivity index (χ2n) is 10.7. The number of benzene rings is 3. The summed E-state index contributed by atoms with van der Waals surface area (Å²) in [5, 5.41) is 4.11. The van der Waals surface area contributed by atoms with Crippen LogP contribution in [0.4, 0.5) is 10.5 Å². The van der Waals surface area contributed by atoms with E-state index in [4.69, 9.17) is 27.9 Å². The first-order valence-electron chi connectivity index (χ1n) is 12.6. The van der Waals surface area contributed by atoms with Crippen molar-refractivity contribution in [2.24, 2.45) is 0 Å². The van der Waals surface area contributed by atoms with Crippen LogP contribution in [0.25, 0.3) is 22.0 Å². The minimum Gasteiger partial charge on any atom is -0.393 e. The molecule has 1 amide bonds. The Morgan fingerprint density at radius 1 is 1.00 bits per heavy atom. The number of hydrogen-bond acceptors (Lipinski definition) is 5. The number of carbonyl (C=O) groups is 1. The van der Waals surface area contributed by atoms with E-state index >= 15 is 0 Å². The van der Waals surface area contributed by atoms with Crippen molar-refractivity contribution in [2.45, 2.75) is 31.1 Å². The standard InChI is InChI=1S/C29H32Cl2N4O4S/c1-29(2,3)18-6-10-21(11-7-18)40(37,38)34-20-9-13-25-23(17-20)26(22-12-8-19(30)16-24(22)31)27(33-25)39-28(36)32-14-15-35(4)5/h6-13,16-17,33-34H,14-15H2,1-5H3,(H,32,36). The number of halogens is 2. The Hall–Kier alpha value is -3.24. The third kappa shape index (κ3) is 6.90. The summed E-state index contributed by atoms with van der Waals surface area (Å²) < 4.78 is 34.7. The highest BCUT2D eigenvalue weighted by atomic mass is 35.5. The van der Waals surface area contributed by atoms with Gasteiger partial charge in [0.1, 0.15) is 0 Å². The Morgan fingerprint density at radius 3 is 2.33 bits per heavy atom. The highest BCUT2D eigenvalue weighted by molar-refractivity contribution is 7.92. The van der Waals surface area contributed by atoms with Gasteiger partial charge in [-0.05, 0) is 67.5 Å². The summed E-state index contributed by atoms with van der Waals surface area (Å²) in [5.74, 6) is 0.166. The molecule has 212 valence electrons. The predicted molar refractivity (Wildman–Crippen MR) is 162 cm³/mol. The molecule has 8 nitrogen and oxygen atoms in total. The maximum absolute atomic E-state index is 13.2. The lowest BCUT2D eigenvalue weighted by Crippen LogP contribution is -2.33. The number of nitrogens with zero attached hydrogens (tertiary/aromatic N) is 1. The summed E-state index contributed by atoms with van der Waals surface area (Å²) in [5.41, 5.74) is 2.94. The molecule has 11 heteroatoms. The first-order valence-corrected chi connectivity index (χ1v) is 14.8. The number of carbonyl (C=O) groups excluding carboxylic acids is 1. The average Bonchev–Trinajstić information content (AvgIpc) is 3.20. The number of anilines is 1. The fourth-order valence-corrected chi connectivity index (χ4v) is 5.68. The average molecular weight is 604 g/mol. The van der Waals surface area contributed by atoms with Crippen LogP contribution < -0.4 is 14.8 Å². The van der Waals surface area contributed by atoms with Crippen LogP contribution in [-0.2, 0) is 15.4 Å². The summed E-state index contributed by atoms with van der Waals surface area (Å²) in [6, 6.07) is 16.8. The molecule has 3 N–H and O–H groups in total. The minimum atomic E-state index is -3.87. The lowest BCUT2D eigenvalue weighted by atomic mass is 9.87. The highest BCUT2D eigenvalue weighted by Crippen LogP contribution is 2.42. The number of nitrogens with one attached hydrogen (secondary N) is 3. The number of H-pyrrole nitrogens is 1. The quantitative estimate of drug-likeness (QED) is 0.204. The van der Waals surface area contributed by atoms with Gasteiger partial charge in [0.15, 0.2) is 0 Å². The zero-order valence-corrected chi connectivity index (χ0v) is 25.3. The third-order valence-electron chi connectivity index (χ3n) is 6.27. The summed E-state index contributed by atoms with van der Waals surface area (Å²) in [6.45, 7) is 7.23. The van der Waals surface area contributed by atoms with Crippen LogP contribution in [-0.4, -0.2) is 51.6 Å². The van der Waals surface area contributed by atoms with Gasteiger partial charge in [-0.15, -0.1) is 0 Å². The molecule has 40 heavy (non-hydrogen) atoms. The molecule has 0 atom stereocenters. The first kappa shape index (κ1) is 29.7. The number of amides is 1. The van der Waals surface area contributed by atoms with Crippen molar-refractivity contribution >= 4 is 55.9 Å². The van der Waals surface area contributed by atoms with Crippen molar-refractivity contribution in [3.63, 3.8) is 0 Å². The number of hydrogen-bond donors (Lipinski definition) is 3. The zero-order valence-electron chi connectivity index (χ0n) is 22.9. The molecule has 0 fully saturated rings. The van der Waals surface area contributed by atoms with Crippen LogP contribution in [0.1, 0.15) is 26.3 Å². The Kier molecular flexibility index (Phi) is 8.70. The van der Waals surface area contributed by atoms with E-state index in [2.05, 4.69) is 35.8 Å². The topological polar surface area (TPSA) is 104 Å². The normalized spacial score (nSPS) is 12.1. The molecular formula is C29H32Cl2N4O4S. The maximum atomic E-state index is 13.2. The first-order chi connectivity index (χ1) is 18.7. The van der Waals surface area contributed by atoms with Crippen molar-refractivity contribution in [1.29, 1.82) is 0 Å². The molecule has 0 spiro atoms. The van der Waals surface area contributed by atoms with Crippen LogP contribution in [0.5, 0.6) is 5.88 Å². The van der Waals surface area contributed by atoms with Crippen molar-refractivity contribution < 1.29 is 17.9 Å². The number of rotatable bonds is 8. The predicted octanol–water partition coefficient (Wildman–Crippen LogP) is 6.89. The fraction of sp³-hybridized carbons (Fsp3) is 0.276. The summed E-state index contributed by atoms with van der Waals surface area (Å²) in [4.78, 5) is 17.8. The minimum absolute atomic E-state index is 0.0998. The van der Waals surface area contributed by atoms with Crippen molar-refractivity contribution in [2.75, 3.05) is 31.9 Å². The molecule has 0 bridgehead atoms. The van der Waals surface area contributed by atoms with E-state index in [0.29, 0.717) is 50.9 Å². The molecule has 0 saturated carbocycles. The van der Waals surface area contributed by atoms with Crippen LogP contribution in [0.2, 0.25) is 10.0 Å². The second kappa shape index (κ2) is 11.7. The van der Waals surface area contributed by atoms with Gasteiger partial charge in [0.05, 0.1) is 15.5 Å². The van der Waals surface area contributed by atoms with Gasteiger partial charge in [0.25, 0.3) is 10.0 Å². The lowest BCUT2D eigenvalue weighted by Gasteiger charge is -2.19. The Labute approximate surface area is 244 Å². The molecule has 0 unspecified atom stereocenters.